The van der Waals surface area contributed by atoms with Crippen molar-refractivity contribution in [2.24, 2.45) is 0 Å². The van der Waals surface area contributed by atoms with Gasteiger partial charge in [-0.2, -0.15) is 26.3 Å². The van der Waals surface area contributed by atoms with Crippen molar-refractivity contribution in [1.29, 1.82) is 0 Å². The fourth-order valence-corrected chi connectivity index (χ4v) is 14.5. The molecule has 4 aliphatic rings. The topological polar surface area (TPSA) is 150 Å². The van der Waals surface area contributed by atoms with Crippen LogP contribution in [0.1, 0.15) is 119 Å². The van der Waals surface area contributed by atoms with E-state index in [1.54, 1.807) is 23.9 Å². The smallest absolute Gasteiger partial charge is 0.416 e. The van der Waals surface area contributed by atoms with Crippen LogP contribution in [-0.2, 0) is 48.9 Å². The molecule has 0 radical (unpaired) electrons. The Morgan fingerprint density at radius 2 is 1.24 bits per heavy atom. The fraction of sp³-hybridized carbons (Fsp3) is 0.461. The predicted octanol–water partition coefficient (Wildman–Crippen LogP) is 13.3. The lowest BCUT2D eigenvalue weighted by Crippen LogP contribution is -2.50. The molecule has 6 aromatic rings. The van der Waals surface area contributed by atoms with Crippen molar-refractivity contribution < 1.29 is 69.3 Å². The van der Waals surface area contributed by atoms with Crippen LogP contribution < -0.4 is 9.80 Å². The van der Waals surface area contributed by atoms with Gasteiger partial charge in [0.25, 0.3) is 11.8 Å². The third kappa shape index (κ3) is 18.0. The molecule has 0 aromatic heterocycles. The number of carbonyl (C=O) groups is 5. The Bertz CT molecular complexity index is 3700. The molecule has 0 bridgehead atoms. The molecule has 3 aliphatic heterocycles. The minimum atomic E-state index is -5.15. The second-order valence-corrected chi connectivity index (χ2v) is 26.9. The molecular formula is C76H89F7N8O8. The lowest BCUT2D eigenvalue weighted by molar-refractivity contribution is -0.143. The van der Waals surface area contributed by atoms with Crippen molar-refractivity contribution in [3.8, 4) is 11.1 Å². The largest absolute Gasteiger partial charge is 0.465 e. The van der Waals surface area contributed by atoms with E-state index < -0.39 is 64.6 Å². The molecule has 530 valence electrons. The summed E-state index contributed by atoms with van der Waals surface area (Å²) in [4.78, 5) is 81.1. The average molecular weight is 1380 g/mol. The lowest BCUT2D eigenvalue weighted by Gasteiger charge is -2.44. The highest BCUT2D eigenvalue weighted by Gasteiger charge is 2.50. The number of halogens is 7. The normalized spacial score (nSPS) is 18.1. The van der Waals surface area contributed by atoms with E-state index in [4.69, 9.17) is 9.47 Å². The van der Waals surface area contributed by atoms with Crippen LogP contribution in [0, 0.1) is 5.82 Å². The number of hydrogen-bond acceptors (Lipinski definition) is 10. The average Bonchev–Trinajstić information content (AvgIpc) is 1.61. The number of carboxylic acid groups (broad SMARTS) is 1. The number of unbranched alkanes of at least 4 members (excludes halogenated alkanes) is 3. The zero-order chi connectivity index (χ0) is 70.7. The third-order valence-electron chi connectivity index (χ3n) is 20.5. The molecule has 23 heteroatoms. The van der Waals surface area contributed by atoms with Crippen LogP contribution >= 0.6 is 0 Å². The number of piperidine rings is 2. The van der Waals surface area contributed by atoms with Gasteiger partial charge in [0, 0.05) is 121 Å². The molecule has 0 unspecified atom stereocenters. The van der Waals surface area contributed by atoms with E-state index in [-0.39, 0.29) is 55.5 Å². The fourth-order valence-electron chi connectivity index (χ4n) is 14.5. The molecule has 1 spiro atoms. The van der Waals surface area contributed by atoms with Crippen LogP contribution in [0.5, 0.6) is 0 Å². The van der Waals surface area contributed by atoms with Gasteiger partial charge in [0.2, 0.25) is 11.8 Å². The van der Waals surface area contributed by atoms with Gasteiger partial charge in [-0.1, -0.05) is 97.8 Å². The summed E-state index contributed by atoms with van der Waals surface area (Å²) in [6.07, 6.45) is -3.24. The second kappa shape index (κ2) is 32.3. The molecule has 2 atom stereocenters. The van der Waals surface area contributed by atoms with Gasteiger partial charge in [0.1, 0.15) is 24.8 Å². The number of fused-ring (bicyclic) bond motifs is 2. The van der Waals surface area contributed by atoms with E-state index in [1.807, 2.05) is 110 Å². The number of alkyl halides is 6. The van der Waals surface area contributed by atoms with Crippen LogP contribution in [0.25, 0.3) is 11.1 Å². The van der Waals surface area contributed by atoms with E-state index >= 15 is 0 Å². The number of ether oxygens (including phenoxy) is 2. The van der Waals surface area contributed by atoms with Crippen LogP contribution in [-0.4, -0.2) is 190 Å². The van der Waals surface area contributed by atoms with E-state index in [9.17, 15) is 59.8 Å². The minimum absolute atomic E-state index is 0.0282. The maximum absolute atomic E-state index is 14.3. The summed E-state index contributed by atoms with van der Waals surface area (Å²) >= 11 is 0. The summed E-state index contributed by atoms with van der Waals surface area (Å²) < 4.78 is 110. The molecule has 16 nitrogen and oxygen atoms in total. The third-order valence-corrected chi connectivity index (χ3v) is 20.5. The Kier molecular flexibility index (Phi) is 23.9. The minimum Gasteiger partial charge on any atom is -0.465 e. The van der Waals surface area contributed by atoms with Gasteiger partial charge in [0.05, 0.1) is 29.5 Å². The van der Waals surface area contributed by atoms with E-state index in [0.29, 0.717) is 113 Å². The first kappa shape index (κ1) is 73.3. The number of amides is 5. The zero-order valence-electron chi connectivity index (χ0n) is 56.7. The van der Waals surface area contributed by atoms with Crippen LogP contribution in [0.3, 0.4) is 0 Å². The van der Waals surface area contributed by atoms with Crippen LogP contribution in [0.2, 0.25) is 0 Å². The van der Waals surface area contributed by atoms with Crippen molar-refractivity contribution in [2.45, 2.75) is 113 Å². The first-order chi connectivity index (χ1) is 47.3. The molecule has 3 fully saturated rings. The number of carbonyl (C=O) groups excluding carboxylic acids is 4. The van der Waals surface area contributed by atoms with E-state index in [1.165, 1.54) is 29.2 Å². The number of nitrogens with zero attached hydrogens (tertiary/aromatic N) is 8. The van der Waals surface area contributed by atoms with Crippen molar-refractivity contribution in [2.75, 3.05) is 123 Å². The quantitative estimate of drug-likeness (QED) is 0.0388. The number of likely N-dealkylation sites (tertiary alicyclic amines) is 2. The first-order valence-corrected chi connectivity index (χ1v) is 34.2. The standard InChI is InChI=1S/C76H89F7N8O8/c1-84(37-15-6-5-10-23-68(92)86(3)45-46-88-40-32-63(33-41-88)91(72(96)97)66-22-14-12-20-64(66)54-17-8-7-9-18-54)62-30-24-55(25-31-62)70(94)87(4)39-16-38-85(2)69(93)51-98-67-49-56-19-11-13-21-65(56)73(67)34-42-89(43-35-73)44-36-74(58-26-28-61(77)29-27-58)52-90(53-99-74)71(95)57-47-59(75(78,79)80)50-60(48-57)76(81,82)83/h7-9,11-14,17-22,24-31,47-48,50,63,67H,5-6,10,15-16,23,32-46,49,51-53H2,1-4H3,(H,96,97)/t67-,74-/m0/s1. The molecule has 6 aromatic carbocycles. The number of likely N-dealkylation sites (N-methyl/N-ethyl adjacent to an activating group) is 2. The number of benzene rings is 6. The molecule has 99 heavy (non-hydrogen) atoms. The number of rotatable bonds is 27. The molecule has 1 N–H and O–H groups in total. The van der Waals surface area contributed by atoms with Gasteiger partial charge in [-0.25, -0.2) is 9.18 Å². The van der Waals surface area contributed by atoms with Crippen molar-refractivity contribution in [1.82, 2.24) is 29.4 Å². The van der Waals surface area contributed by atoms with E-state index in [0.717, 1.165) is 84.7 Å². The molecule has 10 rings (SSSR count). The first-order valence-electron chi connectivity index (χ1n) is 34.2. The summed E-state index contributed by atoms with van der Waals surface area (Å²) in [7, 11) is 7.35. The lowest BCUT2D eigenvalue weighted by atomic mass is 9.72. The summed E-state index contributed by atoms with van der Waals surface area (Å²) in [5.74, 6) is -1.80. The van der Waals surface area contributed by atoms with Gasteiger partial charge < -0.3 is 48.9 Å². The molecule has 3 heterocycles. The Morgan fingerprint density at radius 1 is 0.626 bits per heavy atom. The van der Waals surface area contributed by atoms with Crippen LogP contribution in [0.4, 0.5) is 46.9 Å². The van der Waals surface area contributed by atoms with Crippen molar-refractivity contribution in [3.63, 3.8) is 0 Å². The summed E-state index contributed by atoms with van der Waals surface area (Å²) in [5.41, 5.74) is 1.22. The summed E-state index contributed by atoms with van der Waals surface area (Å²) in [5, 5.41) is 10.4. The number of anilines is 2. The Hall–Kier alpha value is -8.38. The molecular weight excluding hydrogens is 1290 g/mol. The highest BCUT2D eigenvalue weighted by molar-refractivity contribution is 5.96. The van der Waals surface area contributed by atoms with Crippen molar-refractivity contribution in [3.05, 3.63) is 190 Å². The van der Waals surface area contributed by atoms with E-state index in [2.05, 4.69) is 26.8 Å². The van der Waals surface area contributed by atoms with Gasteiger partial charge in [-0.05, 0) is 154 Å². The van der Waals surface area contributed by atoms with Crippen molar-refractivity contribution >= 4 is 41.1 Å². The number of para-hydroxylation sites is 1. The van der Waals surface area contributed by atoms with Gasteiger partial charge in [-0.3, -0.25) is 24.1 Å². The maximum Gasteiger partial charge on any atom is 0.416 e. The van der Waals surface area contributed by atoms with Gasteiger partial charge in [0.15, 0.2) is 0 Å². The highest BCUT2D eigenvalue weighted by atomic mass is 19.4. The van der Waals surface area contributed by atoms with Gasteiger partial charge >= 0.3 is 18.4 Å². The Labute approximate surface area is 574 Å². The highest BCUT2D eigenvalue weighted by Crippen LogP contribution is 2.49. The monoisotopic (exact) mass is 1370 g/mol. The second-order valence-electron chi connectivity index (χ2n) is 26.9. The molecule has 0 saturated carbocycles. The Balaban J connectivity index is 0.615. The van der Waals surface area contributed by atoms with Gasteiger partial charge in [-0.15, -0.1) is 0 Å². The Morgan fingerprint density at radius 3 is 1.92 bits per heavy atom. The predicted molar refractivity (Wildman–Crippen MR) is 365 cm³/mol. The molecule has 5 amide bonds. The number of hydrogen-bond donors (Lipinski definition) is 1. The van der Waals surface area contributed by atoms with Crippen LogP contribution in [0.15, 0.2) is 146 Å². The summed E-state index contributed by atoms with van der Waals surface area (Å²) in [6.45, 7) is 5.33. The summed E-state index contributed by atoms with van der Waals surface area (Å²) in [6, 6.07) is 39.3. The SMILES string of the molecule is CN(CCN1CCC(N(C(=O)O)c2ccccc2-c2ccccc2)CC1)C(=O)CCCCCCN(C)c1ccc(C(=O)N(C)CCCN(C)C(=O)CO[C@H]2Cc3ccccc3C23CCN(CC[C@@]2(c4ccc(F)cc4)CN(C(=O)c4cc(C(F)(F)F)cc(C(F)(F)F)c4)CO2)CC3)cc1. The molecule has 1 aliphatic carbocycles. The maximum atomic E-state index is 14.3. The molecule has 3 saturated heterocycles. The zero-order valence-corrected chi connectivity index (χ0v) is 56.7.